The summed E-state index contributed by atoms with van der Waals surface area (Å²) in [7, 11) is 0. The average Bonchev–Trinajstić information content (AvgIpc) is 2.77. The third kappa shape index (κ3) is 4.49. The van der Waals surface area contributed by atoms with Crippen LogP contribution in [0.15, 0.2) is 24.7 Å². The minimum absolute atomic E-state index is 0.0306. The second-order valence-corrected chi connectivity index (χ2v) is 8.68. The molecule has 2 aliphatic rings. The number of halogens is 5. The van der Waals surface area contributed by atoms with Gasteiger partial charge in [0.05, 0.1) is 28.7 Å². The zero-order chi connectivity index (χ0) is 22.9. The highest BCUT2D eigenvalue weighted by molar-refractivity contribution is 6.33. The van der Waals surface area contributed by atoms with Gasteiger partial charge in [-0.1, -0.05) is 23.2 Å². The summed E-state index contributed by atoms with van der Waals surface area (Å²) in [4.78, 5) is 28.0. The first-order valence-electron chi connectivity index (χ1n) is 10.2. The summed E-state index contributed by atoms with van der Waals surface area (Å²) in [5, 5.41) is 6.23. The van der Waals surface area contributed by atoms with E-state index < -0.39 is 17.3 Å². The van der Waals surface area contributed by atoms with Crippen LogP contribution < -0.4 is 10.6 Å². The zero-order valence-corrected chi connectivity index (χ0v) is 18.4. The van der Waals surface area contributed by atoms with Gasteiger partial charge in [0.1, 0.15) is 11.0 Å². The molecule has 0 bridgehead atoms. The smallest absolute Gasteiger partial charge is 0.350 e. The Morgan fingerprint density at radius 2 is 1.88 bits per heavy atom. The minimum atomic E-state index is -4.58. The summed E-state index contributed by atoms with van der Waals surface area (Å²) in [6.45, 7) is 2.20. The molecule has 2 aromatic rings. The predicted molar refractivity (Wildman–Crippen MR) is 113 cm³/mol. The highest BCUT2D eigenvalue weighted by Crippen LogP contribution is 2.39. The Hall–Kier alpha value is -2.17. The van der Waals surface area contributed by atoms with Gasteiger partial charge in [0.15, 0.2) is 5.54 Å². The van der Waals surface area contributed by atoms with Crippen LogP contribution in [-0.2, 0) is 16.5 Å². The van der Waals surface area contributed by atoms with E-state index in [9.17, 15) is 18.0 Å². The quantitative estimate of drug-likeness (QED) is 0.679. The van der Waals surface area contributed by atoms with Crippen molar-refractivity contribution in [3.8, 4) is 0 Å². The molecule has 172 valence electrons. The van der Waals surface area contributed by atoms with E-state index in [-0.39, 0.29) is 27.9 Å². The lowest BCUT2D eigenvalue weighted by atomic mass is 9.83. The lowest BCUT2D eigenvalue weighted by Gasteiger charge is -2.46. The molecule has 32 heavy (non-hydrogen) atoms. The maximum Gasteiger partial charge on any atom is 0.417 e. The van der Waals surface area contributed by atoms with E-state index in [1.165, 1.54) is 12.4 Å². The molecule has 0 spiro atoms. The van der Waals surface area contributed by atoms with Crippen LogP contribution in [0.5, 0.6) is 0 Å². The average molecular weight is 489 g/mol. The number of nitrogens with zero attached hydrogens (tertiary/aromatic N) is 4. The van der Waals surface area contributed by atoms with Crippen LogP contribution in [0.2, 0.25) is 10.2 Å². The Bertz CT molecular complexity index is 984. The maximum absolute atomic E-state index is 13.9. The topological polar surface area (TPSA) is 83.0 Å². The number of aromatic nitrogens is 3. The van der Waals surface area contributed by atoms with Gasteiger partial charge in [-0.3, -0.25) is 9.78 Å². The van der Waals surface area contributed by atoms with E-state index in [2.05, 4.69) is 25.6 Å². The molecule has 2 aromatic heterocycles. The van der Waals surface area contributed by atoms with Crippen LogP contribution in [0.25, 0.3) is 0 Å². The molecule has 2 saturated heterocycles. The van der Waals surface area contributed by atoms with Crippen molar-refractivity contribution in [1.82, 2.24) is 25.2 Å². The fourth-order valence-corrected chi connectivity index (χ4v) is 4.58. The number of alkyl halides is 3. The summed E-state index contributed by atoms with van der Waals surface area (Å²) in [5.74, 6) is -0.262. The van der Waals surface area contributed by atoms with Crippen LogP contribution >= 0.6 is 23.2 Å². The molecular formula is C20H21Cl2F3N6O. The van der Waals surface area contributed by atoms with Gasteiger partial charge >= 0.3 is 6.18 Å². The number of nitrogens with one attached hydrogen (secondary N) is 2. The first-order chi connectivity index (χ1) is 15.2. The number of carbonyl (C=O) groups is 1. The van der Waals surface area contributed by atoms with Crippen molar-refractivity contribution in [3.63, 3.8) is 0 Å². The zero-order valence-electron chi connectivity index (χ0n) is 16.9. The molecular weight excluding hydrogens is 468 g/mol. The third-order valence-corrected chi connectivity index (χ3v) is 6.37. The molecule has 0 aromatic carbocycles. The van der Waals surface area contributed by atoms with Crippen molar-refractivity contribution in [2.24, 2.45) is 0 Å². The number of rotatable bonds is 4. The molecule has 4 rings (SSSR count). The summed E-state index contributed by atoms with van der Waals surface area (Å²) >= 11 is 12.0. The molecule has 0 unspecified atom stereocenters. The Morgan fingerprint density at radius 1 is 1.12 bits per heavy atom. The van der Waals surface area contributed by atoms with Gasteiger partial charge in [0.2, 0.25) is 0 Å². The predicted octanol–water partition coefficient (Wildman–Crippen LogP) is 3.88. The molecule has 0 saturated carbocycles. The van der Waals surface area contributed by atoms with E-state index in [0.29, 0.717) is 31.3 Å². The largest absolute Gasteiger partial charge is 0.417 e. The Balaban J connectivity index is 1.74. The molecule has 4 heterocycles. The summed E-state index contributed by atoms with van der Waals surface area (Å²) in [6, 6.07) is 0.845. The summed E-state index contributed by atoms with van der Waals surface area (Å²) < 4.78 is 39.1. The van der Waals surface area contributed by atoms with Gasteiger partial charge in [0, 0.05) is 18.8 Å². The van der Waals surface area contributed by atoms with Crippen LogP contribution in [0.4, 0.5) is 19.0 Å². The third-order valence-electron chi connectivity index (χ3n) is 5.88. The number of carbonyl (C=O) groups excluding carboxylic acids is 1. The van der Waals surface area contributed by atoms with Crippen molar-refractivity contribution in [2.75, 3.05) is 25.0 Å². The second-order valence-electron chi connectivity index (χ2n) is 7.89. The monoisotopic (exact) mass is 488 g/mol. The molecule has 1 amide bonds. The van der Waals surface area contributed by atoms with Crippen molar-refractivity contribution in [3.05, 3.63) is 46.1 Å². The normalized spacial score (nSPS) is 22.8. The minimum Gasteiger partial charge on any atom is -0.350 e. The number of pyridine rings is 1. The molecule has 12 heteroatoms. The molecule has 0 aliphatic carbocycles. The lowest BCUT2D eigenvalue weighted by molar-refractivity contribution is -0.143. The van der Waals surface area contributed by atoms with Gasteiger partial charge in [-0.25, -0.2) is 9.97 Å². The lowest BCUT2D eigenvalue weighted by Crippen LogP contribution is -2.60. The Morgan fingerprint density at radius 3 is 2.50 bits per heavy atom. The molecule has 0 radical (unpaired) electrons. The van der Waals surface area contributed by atoms with Crippen molar-refractivity contribution >= 4 is 34.9 Å². The highest BCUT2D eigenvalue weighted by Gasteiger charge is 2.49. The molecule has 1 atom stereocenters. The summed E-state index contributed by atoms with van der Waals surface area (Å²) in [6.07, 6.45) is 1.47. The van der Waals surface area contributed by atoms with E-state index in [1.54, 1.807) is 0 Å². The van der Waals surface area contributed by atoms with Crippen LogP contribution in [0.3, 0.4) is 0 Å². The molecule has 2 aliphatic heterocycles. The van der Waals surface area contributed by atoms with Gasteiger partial charge in [-0.2, -0.15) is 13.2 Å². The van der Waals surface area contributed by atoms with E-state index in [1.807, 2.05) is 4.90 Å². The van der Waals surface area contributed by atoms with E-state index >= 15 is 0 Å². The van der Waals surface area contributed by atoms with Gasteiger partial charge in [-0.05, 0) is 44.8 Å². The molecule has 2 N–H and O–H groups in total. The van der Waals surface area contributed by atoms with Crippen molar-refractivity contribution in [2.45, 2.75) is 43.4 Å². The Kier molecular flexibility index (Phi) is 6.46. The van der Waals surface area contributed by atoms with Gasteiger partial charge < -0.3 is 15.5 Å². The summed E-state index contributed by atoms with van der Waals surface area (Å²) in [5.41, 5.74) is -2.04. The number of amides is 1. The SMILES string of the molecule is O=C1N(C2CCNCC2)CCC[C@@]1(Nc1ncc(C(F)(F)F)cc1Cl)c1cnc(Cl)cn1. The first kappa shape index (κ1) is 23.0. The fraction of sp³-hybridized carbons (Fsp3) is 0.500. The Labute approximate surface area is 192 Å². The van der Waals surface area contributed by atoms with Gasteiger partial charge in [0.25, 0.3) is 5.91 Å². The van der Waals surface area contributed by atoms with E-state index in [4.69, 9.17) is 23.2 Å². The maximum atomic E-state index is 13.9. The van der Waals surface area contributed by atoms with Crippen molar-refractivity contribution < 1.29 is 18.0 Å². The highest BCUT2D eigenvalue weighted by atomic mass is 35.5. The molecule has 2 fully saturated rings. The standard InChI is InChI=1S/C20H21Cl2F3N6O/c21-14-8-12(20(23,24)25)9-29-17(14)30-19(15-10-28-16(22)11-27-15)4-1-7-31(18(19)32)13-2-5-26-6-3-13/h8-11,13,26H,1-7H2,(H,29,30)/t19-/m1/s1. The number of hydrogen-bond donors (Lipinski definition) is 2. The number of anilines is 1. The van der Waals surface area contributed by atoms with Crippen LogP contribution in [0, 0.1) is 0 Å². The van der Waals surface area contributed by atoms with Crippen LogP contribution in [-0.4, -0.2) is 51.4 Å². The van der Waals surface area contributed by atoms with Crippen LogP contribution in [0.1, 0.15) is 36.9 Å². The first-order valence-corrected chi connectivity index (χ1v) is 11.0. The number of piperidine rings is 2. The van der Waals surface area contributed by atoms with E-state index in [0.717, 1.165) is 32.0 Å². The number of hydrogen-bond acceptors (Lipinski definition) is 6. The second kappa shape index (κ2) is 8.99. The van der Waals surface area contributed by atoms with Crippen molar-refractivity contribution in [1.29, 1.82) is 0 Å². The number of likely N-dealkylation sites (tertiary alicyclic amines) is 1. The fourth-order valence-electron chi connectivity index (χ4n) is 4.27. The van der Waals surface area contributed by atoms with Gasteiger partial charge in [-0.15, -0.1) is 0 Å². The molecule has 7 nitrogen and oxygen atoms in total.